The third kappa shape index (κ3) is 6.51. The van der Waals surface area contributed by atoms with Crippen molar-refractivity contribution >= 4 is 29.0 Å². The topological polar surface area (TPSA) is 149 Å². The number of aromatic amines is 1. The molecule has 194 valence electrons. The number of aromatic nitrogens is 4. The Kier molecular flexibility index (Phi) is 7.97. The van der Waals surface area contributed by atoms with E-state index in [1.807, 2.05) is 0 Å². The van der Waals surface area contributed by atoms with Gasteiger partial charge in [-0.25, -0.2) is 24.1 Å². The lowest BCUT2D eigenvalue weighted by Crippen LogP contribution is -2.50. The summed E-state index contributed by atoms with van der Waals surface area (Å²) >= 11 is 5.96. The number of nitrogens with zero attached hydrogens (tertiary/aromatic N) is 4. The van der Waals surface area contributed by atoms with Crippen LogP contribution in [0.3, 0.4) is 0 Å². The van der Waals surface area contributed by atoms with Gasteiger partial charge in [-0.2, -0.15) is 0 Å². The minimum Gasteiger partial charge on any atom is -0.481 e. The third-order valence-electron chi connectivity index (χ3n) is 5.36. The molecule has 0 radical (unpaired) electrons. The monoisotopic (exact) mass is 535 g/mol. The number of hydrogen-bond donors (Lipinski definition) is 2. The van der Waals surface area contributed by atoms with E-state index in [0.29, 0.717) is 22.0 Å². The van der Waals surface area contributed by atoms with E-state index in [1.54, 1.807) is 66.7 Å². The van der Waals surface area contributed by atoms with Crippen LogP contribution in [0.2, 0.25) is 5.02 Å². The Morgan fingerprint density at radius 1 is 1.03 bits per heavy atom. The quantitative estimate of drug-likeness (QED) is 0.313. The highest BCUT2D eigenvalue weighted by Crippen LogP contribution is 2.22. The van der Waals surface area contributed by atoms with Crippen LogP contribution in [0.25, 0.3) is 0 Å². The van der Waals surface area contributed by atoms with Crippen molar-refractivity contribution in [3.63, 3.8) is 0 Å². The van der Waals surface area contributed by atoms with E-state index in [4.69, 9.17) is 21.4 Å². The van der Waals surface area contributed by atoms with Gasteiger partial charge in [0.25, 0.3) is 0 Å². The number of pyridine rings is 1. The van der Waals surface area contributed by atoms with Gasteiger partial charge in [0, 0.05) is 24.6 Å². The van der Waals surface area contributed by atoms with E-state index >= 15 is 0 Å². The lowest BCUT2D eigenvalue weighted by atomic mass is 10.2. The van der Waals surface area contributed by atoms with Gasteiger partial charge in [-0.05, 0) is 48.0 Å². The summed E-state index contributed by atoms with van der Waals surface area (Å²) in [6.45, 7) is 1.17. The molecule has 2 aromatic carbocycles. The van der Waals surface area contributed by atoms with Crippen LogP contribution in [0.5, 0.6) is 11.6 Å². The number of ether oxygens (including phenoxy) is 1. The number of ketones is 1. The van der Waals surface area contributed by atoms with Gasteiger partial charge in [0.2, 0.25) is 11.5 Å². The smallest absolute Gasteiger partial charge is 0.335 e. The molecule has 2 aromatic heterocycles. The number of H-pyrrole nitrogens is 1. The lowest BCUT2D eigenvalue weighted by Gasteiger charge is -2.11. The Morgan fingerprint density at radius 3 is 2.39 bits per heavy atom. The number of halogens is 1. The minimum absolute atomic E-state index is 0.0222. The molecule has 0 aliphatic carbocycles. The largest absolute Gasteiger partial charge is 0.481 e. The zero-order valence-corrected chi connectivity index (χ0v) is 20.9. The molecule has 0 saturated heterocycles. The van der Waals surface area contributed by atoms with Crippen molar-refractivity contribution in [2.24, 2.45) is 4.99 Å². The molecule has 4 rings (SSSR count). The highest BCUT2D eigenvalue weighted by molar-refractivity contribution is 6.30. The SMILES string of the molecule is CC(=O)c1cccc(Oc2ccc(/N=c3\[nH]c(=O)n(CCC(=O)O)c(=O)n3Cc3ccc(Cl)cc3)cc2)n1. The molecular weight excluding hydrogens is 514 g/mol. The van der Waals surface area contributed by atoms with Gasteiger partial charge in [0.05, 0.1) is 18.7 Å². The fourth-order valence-electron chi connectivity index (χ4n) is 3.46. The summed E-state index contributed by atoms with van der Waals surface area (Å²) in [6.07, 6.45) is -0.397. The van der Waals surface area contributed by atoms with Crippen molar-refractivity contribution in [3.05, 3.63) is 110 Å². The number of nitrogens with one attached hydrogen (secondary N) is 1. The van der Waals surface area contributed by atoms with Crippen molar-refractivity contribution in [1.29, 1.82) is 0 Å². The second-order valence-electron chi connectivity index (χ2n) is 8.17. The van der Waals surface area contributed by atoms with Crippen LogP contribution >= 0.6 is 11.6 Å². The van der Waals surface area contributed by atoms with E-state index in [2.05, 4.69) is 15.0 Å². The molecule has 2 heterocycles. The number of carboxylic acid groups (broad SMARTS) is 1. The Labute approximate surface area is 220 Å². The molecule has 0 aliphatic heterocycles. The van der Waals surface area contributed by atoms with Crippen molar-refractivity contribution < 1.29 is 19.4 Å². The fraction of sp³-hybridized carbons (Fsp3) is 0.154. The van der Waals surface area contributed by atoms with Crippen molar-refractivity contribution in [2.45, 2.75) is 26.4 Å². The van der Waals surface area contributed by atoms with Crippen LogP contribution < -0.4 is 21.7 Å². The molecule has 11 nitrogen and oxygen atoms in total. The summed E-state index contributed by atoms with van der Waals surface area (Å²) in [5, 5.41) is 9.52. The zero-order valence-electron chi connectivity index (χ0n) is 20.1. The molecule has 0 unspecified atom stereocenters. The first-order valence-electron chi connectivity index (χ1n) is 11.4. The molecule has 0 saturated carbocycles. The Bertz CT molecular complexity index is 1670. The van der Waals surface area contributed by atoms with E-state index in [9.17, 15) is 19.2 Å². The molecule has 0 atom stereocenters. The second-order valence-corrected chi connectivity index (χ2v) is 8.61. The number of Topliss-reactive ketones (excluding diaryl/α,β-unsaturated/α-hetero) is 1. The number of rotatable bonds is 9. The van der Waals surface area contributed by atoms with Crippen LogP contribution in [-0.4, -0.2) is 36.0 Å². The van der Waals surface area contributed by atoms with E-state index in [-0.39, 0.29) is 36.1 Å². The van der Waals surface area contributed by atoms with Crippen LogP contribution in [0.15, 0.2) is 81.3 Å². The van der Waals surface area contributed by atoms with Gasteiger partial charge in [-0.3, -0.25) is 19.1 Å². The molecule has 4 aromatic rings. The maximum atomic E-state index is 13.2. The van der Waals surface area contributed by atoms with Gasteiger partial charge in [-0.15, -0.1) is 0 Å². The van der Waals surface area contributed by atoms with Gasteiger partial charge in [0.15, 0.2) is 5.78 Å². The molecule has 0 fully saturated rings. The first-order valence-corrected chi connectivity index (χ1v) is 11.8. The Hall–Kier alpha value is -4.77. The first kappa shape index (κ1) is 26.3. The number of benzene rings is 2. The molecule has 0 aliphatic rings. The average molecular weight is 536 g/mol. The Morgan fingerprint density at radius 2 is 1.74 bits per heavy atom. The summed E-state index contributed by atoms with van der Waals surface area (Å²) in [4.78, 5) is 59.5. The standard InChI is InChI=1S/C26H22ClN5O6/c1-16(33)21-3-2-4-22(29-21)38-20-11-9-19(10-12-20)28-24-30-25(36)31(14-13-23(34)35)26(37)32(24)15-17-5-7-18(27)8-6-17/h2-12H,13-15H2,1H3,(H,34,35)(H,28,30,36). The number of carbonyl (C=O) groups is 2. The Balaban J connectivity index is 1.70. The van der Waals surface area contributed by atoms with E-state index in [0.717, 1.165) is 4.57 Å². The molecule has 0 amide bonds. The van der Waals surface area contributed by atoms with E-state index in [1.165, 1.54) is 11.5 Å². The maximum absolute atomic E-state index is 13.2. The summed E-state index contributed by atoms with van der Waals surface area (Å²) in [6, 6.07) is 18.1. The normalized spacial score (nSPS) is 11.4. The molecule has 38 heavy (non-hydrogen) atoms. The lowest BCUT2D eigenvalue weighted by molar-refractivity contribution is -0.137. The number of aliphatic carboxylic acids is 1. The average Bonchev–Trinajstić information content (AvgIpc) is 2.88. The van der Waals surface area contributed by atoms with Gasteiger partial charge >= 0.3 is 17.3 Å². The molecule has 12 heteroatoms. The van der Waals surface area contributed by atoms with Crippen LogP contribution in [0, 0.1) is 0 Å². The van der Waals surface area contributed by atoms with Crippen LogP contribution in [0.4, 0.5) is 5.69 Å². The van der Waals surface area contributed by atoms with Gasteiger partial charge in [-0.1, -0.05) is 29.8 Å². The van der Waals surface area contributed by atoms with Crippen molar-refractivity contribution in [1.82, 2.24) is 19.1 Å². The molecule has 2 N–H and O–H groups in total. The number of carboxylic acids is 1. The summed E-state index contributed by atoms with van der Waals surface area (Å²) in [5.41, 5.74) is -0.106. The van der Waals surface area contributed by atoms with Crippen molar-refractivity contribution in [3.8, 4) is 11.6 Å². The molecular formula is C26H22ClN5O6. The van der Waals surface area contributed by atoms with Crippen LogP contribution in [0.1, 0.15) is 29.4 Å². The minimum atomic E-state index is -1.14. The predicted octanol–water partition coefficient (Wildman–Crippen LogP) is 3.14. The first-order chi connectivity index (χ1) is 18.2. The van der Waals surface area contributed by atoms with Gasteiger partial charge < -0.3 is 9.84 Å². The van der Waals surface area contributed by atoms with E-state index < -0.39 is 23.8 Å². The summed E-state index contributed by atoms with van der Waals surface area (Å²) < 4.78 is 7.77. The fourth-order valence-corrected chi connectivity index (χ4v) is 3.59. The number of carbonyl (C=O) groups excluding carboxylic acids is 1. The van der Waals surface area contributed by atoms with Crippen molar-refractivity contribution in [2.75, 3.05) is 0 Å². The van der Waals surface area contributed by atoms with Crippen LogP contribution in [-0.2, 0) is 17.9 Å². The van der Waals surface area contributed by atoms with Gasteiger partial charge in [0.1, 0.15) is 11.4 Å². The summed E-state index contributed by atoms with van der Waals surface area (Å²) in [5.74, 6) is -0.642. The molecule has 0 spiro atoms. The zero-order chi connectivity index (χ0) is 27.2. The highest BCUT2D eigenvalue weighted by Gasteiger charge is 2.12. The second kappa shape index (κ2) is 11.5. The third-order valence-corrected chi connectivity index (χ3v) is 5.61. The highest BCUT2D eigenvalue weighted by atomic mass is 35.5. The maximum Gasteiger partial charge on any atom is 0.335 e. The number of hydrogen-bond acceptors (Lipinski definition) is 7. The predicted molar refractivity (Wildman–Crippen MR) is 138 cm³/mol. The molecule has 0 bridgehead atoms. The summed E-state index contributed by atoms with van der Waals surface area (Å²) in [7, 11) is 0.